The van der Waals surface area contributed by atoms with Gasteiger partial charge in [-0.15, -0.1) is 0 Å². The summed E-state index contributed by atoms with van der Waals surface area (Å²) < 4.78 is 22.4. The first-order valence-electron chi connectivity index (χ1n) is 4.76. The van der Waals surface area contributed by atoms with Crippen LogP contribution >= 0.6 is 0 Å². The Balaban J connectivity index is 2.31. The smallest absolute Gasteiger partial charge is 0.154 e. The molecule has 0 aromatic heterocycles. The van der Waals surface area contributed by atoms with Gasteiger partial charge in [0.2, 0.25) is 0 Å². The van der Waals surface area contributed by atoms with Crippen LogP contribution in [0.2, 0.25) is 0 Å². The quantitative estimate of drug-likeness (QED) is 0.788. The van der Waals surface area contributed by atoms with Gasteiger partial charge in [-0.25, -0.2) is 8.42 Å². The molecule has 80 valence electrons. The lowest BCUT2D eigenvalue weighted by molar-refractivity contribution is 0.475. The molecule has 1 aliphatic heterocycles. The van der Waals surface area contributed by atoms with Crippen molar-refractivity contribution in [3.63, 3.8) is 0 Å². The van der Waals surface area contributed by atoms with E-state index in [0.717, 1.165) is 11.1 Å². The fourth-order valence-electron chi connectivity index (χ4n) is 1.65. The second-order valence-electron chi connectivity index (χ2n) is 3.64. The molecule has 1 N–H and O–H groups in total. The first-order chi connectivity index (χ1) is 7.07. The fourth-order valence-corrected chi connectivity index (χ4v) is 2.80. The van der Waals surface area contributed by atoms with Crippen LogP contribution in [0.25, 0.3) is 5.57 Å². The Morgan fingerprint density at radius 1 is 1.27 bits per heavy atom. The Kier molecular flexibility index (Phi) is 2.52. The summed E-state index contributed by atoms with van der Waals surface area (Å²) in [5, 5.41) is 9.30. The molecule has 1 aromatic carbocycles. The van der Waals surface area contributed by atoms with Gasteiger partial charge < -0.3 is 5.11 Å². The molecule has 0 saturated carbocycles. The Bertz CT molecular complexity index is 500. The summed E-state index contributed by atoms with van der Waals surface area (Å²) in [5.41, 5.74) is 1.91. The Hall–Kier alpha value is -1.29. The number of phenols is 1. The third-order valence-electron chi connectivity index (χ3n) is 2.48. The molecule has 4 heteroatoms. The molecular formula is C11H12O3S. The van der Waals surface area contributed by atoms with E-state index in [1.165, 1.54) is 0 Å². The van der Waals surface area contributed by atoms with Gasteiger partial charge in [-0.1, -0.05) is 18.2 Å². The molecule has 0 spiro atoms. The standard InChI is InChI=1S/C11H12O3S/c12-11-3-1-2-10(8-11)9-4-6-15(13,14)7-5-9/h1-4,8,12H,5-7H2. The Morgan fingerprint density at radius 2 is 2.07 bits per heavy atom. The zero-order chi connectivity index (χ0) is 10.9. The van der Waals surface area contributed by atoms with E-state index in [1.807, 2.05) is 6.07 Å². The van der Waals surface area contributed by atoms with Crippen LogP contribution in [-0.2, 0) is 9.84 Å². The van der Waals surface area contributed by atoms with E-state index in [0.29, 0.717) is 6.42 Å². The average Bonchev–Trinajstić information content (AvgIpc) is 2.17. The van der Waals surface area contributed by atoms with Crippen molar-refractivity contribution in [2.24, 2.45) is 0 Å². The Morgan fingerprint density at radius 3 is 2.67 bits per heavy atom. The van der Waals surface area contributed by atoms with Gasteiger partial charge >= 0.3 is 0 Å². The molecule has 15 heavy (non-hydrogen) atoms. The molecule has 3 nitrogen and oxygen atoms in total. The van der Waals surface area contributed by atoms with Crippen LogP contribution in [0.1, 0.15) is 12.0 Å². The van der Waals surface area contributed by atoms with E-state index in [1.54, 1.807) is 24.3 Å². The van der Waals surface area contributed by atoms with Crippen molar-refractivity contribution in [1.82, 2.24) is 0 Å². The van der Waals surface area contributed by atoms with E-state index in [2.05, 4.69) is 0 Å². The van der Waals surface area contributed by atoms with Crippen LogP contribution in [0.15, 0.2) is 30.3 Å². The van der Waals surface area contributed by atoms with Crippen molar-refractivity contribution < 1.29 is 13.5 Å². The number of sulfone groups is 1. The van der Waals surface area contributed by atoms with E-state index < -0.39 is 9.84 Å². The summed E-state index contributed by atoms with van der Waals surface area (Å²) in [5.74, 6) is 0.522. The van der Waals surface area contributed by atoms with Crippen LogP contribution < -0.4 is 0 Å². The van der Waals surface area contributed by atoms with Crippen molar-refractivity contribution in [2.45, 2.75) is 6.42 Å². The van der Waals surface area contributed by atoms with Crippen molar-refractivity contribution in [1.29, 1.82) is 0 Å². The van der Waals surface area contributed by atoms with E-state index in [9.17, 15) is 13.5 Å². The zero-order valence-corrected chi connectivity index (χ0v) is 9.00. The van der Waals surface area contributed by atoms with Crippen LogP contribution in [0.3, 0.4) is 0 Å². The molecule has 0 fully saturated rings. The minimum atomic E-state index is -2.87. The van der Waals surface area contributed by atoms with E-state index >= 15 is 0 Å². The summed E-state index contributed by atoms with van der Waals surface area (Å²) in [6, 6.07) is 6.89. The fraction of sp³-hybridized carbons (Fsp3) is 0.273. The number of allylic oxidation sites excluding steroid dienone is 1. The van der Waals surface area contributed by atoms with E-state index in [-0.39, 0.29) is 17.3 Å². The maximum atomic E-state index is 11.2. The lowest BCUT2D eigenvalue weighted by Gasteiger charge is -2.13. The van der Waals surface area contributed by atoms with Gasteiger partial charge in [0.1, 0.15) is 5.75 Å². The SMILES string of the molecule is O=S1(=O)CC=C(c2cccc(O)c2)CC1. The molecule has 0 aliphatic carbocycles. The topological polar surface area (TPSA) is 54.4 Å². The summed E-state index contributed by atoms with van der Waals surface area (Å²) in [7, 11) is -2.87. The van der Waals surface area contributed by atoms with Gasteiger partial charge in [-0.05, 0) is 29.7 Å². The molecule has 0 atom stereocenters. The largest absolute Gasteiger partial charge is 0.508 e. The first-order valence-corrected chi connectivity index (χ1v) is 6.58. The summed E-state index contributed by atoms with van der Waals surface area (Å²) in [6.45, 7) is 0. The highest BCUT2D eigenvalue weighted by Gasteiger charge is 2.17. The van der Waals surface area contributed by atoms with Crippen LogP contribution in [0.5, 0.6) is 5.75 Å². The lowest BCUT2D eigenvalue weighted by Crippen LogP contribution is -2.14. The highest BCUT2D eigenvalue weighted by Crippen LogP contribution is 2.25. The lowest BCUT2D eigenvalue weighted by atomic mass is 10.0. The van der Waals surface area contributed by atoms with Gasteiger partial charge in [0.25, 0.3) is 0 Å². The van der Waals surface area contributed by atoms with Crippen molar-refractivity contribution in [3.05, 3.63) is 35.9 Å². The third kappa shape index (κ3) is 2.39. The normalized spacial score (nSPS) is 19.6. The zero-order valence-electron chi connectivity index (χ0n) is 8.18. The van der Waals surface area contributed by atoms with Crippen LogP contribution in [0.4, 0.5) is 0 Å². The van der Waals surface area contributed by atoms with Gasteiger partial charge in [0.15, 0.2) is 9.84 Å². The number of aromatic hydroxyl groups is 1. The van der Waals surface area contributed by atoms with Crippen molar-refractivity contribution in [3.8, 4) is 5.75 Å². The monoisotopic (exact) mass is 224 g/mol. The number of phenolic OH excluding ortho intramolecular Hbond substituents is 1. The van der Waals surface area contributed by atoms with Crippen LogP contribution in [-0.4, -0.2) is 25.0 Å². The van der Waals surface area contributed by atoms with Gasteiger partial charge in [0.05, 0.1) is 11.5 Å². The van der Waals surface area contributed by atoms with Crippen molar-refractivity contribution in [2.75, 3.05) is 11.5 Å². The number of hydrogen-bond acceptors (Lipinski definition) is 3. The molecule has 0 amide bonds. The highest BCUT2D eigenvalue weighted by atomic mass is 32.2. The molecule has 0 bridgehead atoms. The minimum Gasteiger partial charge on any atom is -0.508 e. The minimum absolute atomic E-state index is 0.109. The molecule has 1 heterocycles. The summed E-state index contributed by atoms with van der Waals surface area (Å²) in [6.07, 6.45) is 2.26. The molecule has 0 saturated heterocycles. The highest BCUT2D eigenvalue weighted by molar-refractivity contribution is 7.91. The number of benzene rings is 1. The molecular weight excluding hydrogens is 212 g/mol. The predicted octanol–water partition coefficient (Wildman–Crippen LogP) is 1.59. The second kappa shape index (κ2) is 3.70. The predicted molar refractivity (Wildman–Crippen MR) is 59.4 cm³/mol. The van der Waals surface area contributed by atoms with Crippen LogP contribution in [0, 0.1) is 0 Å². The van der Waals surface area contributed by atoms with Gasteiger partial charge in [-0.3, -0.25) is 0 Å². The second-order valence-corrected chi connectivity index (χ2v) is 5.87. The Labute approximate surface area is 89.0 Å². The molecule has 1 aromatic rings. The summed E-state index contributed by atoms with van der Waals surface area (Å²) >= 11 is 0. The van der Waals surface area contributed by atoms with Gasteiger partial charge in [-0.2, -0.15) is 0 Å². The molecule has 0 radical (unpaired) electrons. The average molecular weight is 224 g/mol. The maximum Gasteiger partial charge on any atom is 0.154 e. The first kappa shape index (κ1) is 10.2. The number of rotatable bonds is 1. The maximum absolute atomic E-state index is 11.2. The van der Waals surface area contributed by atoms with E-state index in [4.69, 9.17) is 0 Å². The number of hydrogen-bond donors (Lipinski definition) is 1. The molecule has 1 aliphatic rings. The van der Waals surface area contributed by atoms with Crippen molar-refractivity contribution >= 4 is 15.4 Å². The third-order valence-corrected chi connectivity index (χ3v) is 3.98. The molecule has 2 rings (SSSR count). The summed E-state index contributed by atoms with van der Waals surface area (Å²) in [4.78, 5) is 0. The molecule has 0 unspecified atom stereocenters. The van der Waals surface area contributed by atoms with Gasteiger partial charge in [0, 0.05) is 0 Å².